The van der Waals surface area contributed by atoms with Gasteiger partial charge in [0.1, 0.15) is 0 Å². The van der Waals surface area contributed by atoms with Crippen LogP contribution in [-0.2, 0) is 9.59 Å². The number of benzene rings is 2. The number of hydrogen-bond donors (Lipinski definition) is 2. The molecule has 0 aromatic heterocycles. The highest BCUT2D eigenvalue weighted by Crippen LogP contribution is 2.20. The topological polar surface area (TPSA) is 58.2 Å². The molecule has 0 saturated heterocycles. The molecule has 0 aliphatic heterocycles. The molecule has 134 valence electrons. The van der Waals surface area contributed by atoms with Gasteiger partial charge in [0.05, 0.1) is 6.04 Å². The molecule has 0 heterocycles. The Labute approximate surface area is 150 Å². The van der Waals surface area contributed by atoms with Crippen LogP contribution in [0.4, 0.5) is 0 Å². The molecule has 0 spiro atoms. The van der Waals surface area contributed by atoms with E-state index in [9.17, 15) is 9.59 Å². The van der Waals surface area contributed by atoms with Gasteiger partial charge >= 0.3 is 0 Å². The first kappa shape index (κ1) is 19.0. The van der Waals surface area contributed by atoms with E-state index in [4.69, 9.17) is 0 Å². The van der Waals surface area contributed by atoms with Crippen LogP contribution in [-0.4, -0.2) is 18.4 Å². The van der Waals surface area contributed by atoms with Crippen LogP contribution in [0.3, 0.4) is 0 Å². The third-order valence-electron chi connectivity index (χ3n) is 4.20. The minimum atomic E-state index is -0.396. The summed E-state index contributed by atoms with van der Waals surface area (Å²) < 4.78 is 0. The maximum Gasteiger partial charge on any atom is 0.225 e. The van der Waals surface area contributed by atoms with E-state index in [-0.39, 0.29) is 17.9 Å². The van der Waals surface area contributed by atoms with Crippen LogP contribution in [0.2, 0.25) is 0 Å². The van der Waals surface area contributed by atoms with E-state index < -0.39 is 5.41 Å². The number of nitrogens with one attached hydrogen (secondary N) is 2. The second-order valence-electron chi connectivity index (χ2n) is 7.51. The lowest BCUT2D eigenvalue weighted by Crippen LogP contribution is -2.36. The van der Waals surface area contributed by atoms with Gasteiger partial charge in [0, 0.05) is 18.4 Å². The number of carbonyl (C=O) groups excluding carboxylic acids is 2. The number of fused-ring (bicyclic) bond motifs is 1. The molecule has 0 aliphatic carbocycles. The first-order chi connectivity index (χ1) is 11.8. The molecule has 2 aromatic rings. The molecule has 1 atom stereocenters. The summed E-state index contributed by atoms with van der Waals surface area (Å²) in [6.45, 7) is 8.14. The number of rotatable bonds is 6. The Morgan fingerprint density at radius 3 is 2.40 bits per heavy atom. The average Bonchev–Trinajstić information content (AvgIpc) is 2.57. The fourth-order valence-electron chi connectivity index (χ4n) is 2.59. The number of carbonyl (C=O) groups is 2. The fourth-order valence-corrected chi connectivity index (χ4v) is 2.59. The zero-order chi connectivity index (χ0) is 18.4. The van der Waals surface area contributed by atoms with Gasteiger partial charge in [-0.1, -0.05) is 57.2 Å². The molecule has 0 bridgehead atoms. The highest BCUT2D eigenvalue weighted by atomic mass is 16.2. The number of hydrogen-bond acceptors (Lipinski definition) is 2. The largest absolute Gasteiger partial charge is 0.356 e. The smallest absolute Gasteiger partial charge is 0.225 e. The number of amides is 2. The Morgan fingerprint density at radius 1 is 1.04 bits per heavy atom. The van der Waals surface area contributed by atoms with E-state index in [1.807, 2.05) is 39.8 Å². The lowest BCUT2D eigenvalue weighted by atomic mass is 9.96. The Hall–Kier alpha value is -2.36. The summed E-state index contributed by atoms with van der Waals surface area (Å²) in [5, 5.41) is 8.26. The summed E-state index contributed by atoms with van der Waals surface area (Å²) in [6.07, 6.45) is 1.04. The van der Waals surface area contributed by atoms with Gasteiger partial charge in [0.25, 0.3) is 0 Å². The van der Waals surface area contributed by atoms with Crippen molar-refractivity contribution in [2.45, 2.75) is 46.6 Å². The fraction of sp³-hybridized carbons (Fsp3) is 0.429. The Bertz CT molecular complexity index is 747. The average molecular weight is 340 g/mol. The van der Waals surface area contributed by atoms with E-state index in [2.05, 4.69) is 41.0 Å². The van der Waals surface area contributed by atoms with Gasteiger partial charge in [-0.2, -0.15) is 0 Å². The minimum Gasteiger partial charge on any atom is -0.356 e. The lowest BCUT2D eigenvalue weighted by molar-refractivity contribution is -0.128. The molecule has 4 heteroatoms. The SMILES string of the molecule is CC(NC(=O)CCCNC(=O)C(C)(C)C)c1ccc2ccccc2c1. The molecule has 1 unspecified atom stereocenters. The predicted molar refractivity (Wildman–Crippen MR) is 102 cm³/mol. The van der Waals surface area contributed by atoms with E-state index in [1.54, 1.807) is 0 Å². The lowest BCUT2D eigenvalue weighted by Gasteiger charge is -2.18. The van der Waals surface area contributed by atoms with Crippen molar-refractivity contribution in [2.24, 2.45) is 5.41 Å². The molecule has 4 nitrogen and oxygen atoms in total. The van der Waals surface area contributed by atoms with Crippen molar-refractivity contribution in [1.82, 2.24) is 10.6 Å². The van der Waals surface area contributed by atoms with Crippen molar-refractivity contribution >= 4 is 22.6 Å². The second kappa shape index (κ2) is 8.15. The third kappa shape index (κ3) is 5.59. The van der Waals surface area contributed by atoms with Crippen LogP contribution >= 0.6 is 0 Å². The van der Waals surface area contributed by atoms with Gasteiger partial charge in [0.2, 0.25) is 11.8 Å². The van der Waals surface area contributed by atoms with Crippen LogP contribution in [0.1, 0.15) is 52.1 Å². The molecule has 2 amide bonds. The molecule has 25 heavy (non-hydrogen) atoms. The van der Waals surface area contributed by atoms with Crippen molar-refractivity contribution in [3.63, 3.8) is 0 Å². The normalized spacial score (nSPS) is 12.6. The van der Waals surface area contributed by atoms with Crippen molar-refractivity contribution < 1.29 is 9.59 Å². The zero-order valence-corrected chi connectivity index (χ0v) is 15.6. The Balaban J connectivity index is 1.80. The standard InChI is InChI=1S/C21H28N2O2/c1-15(17-12-11-16-8-5-6-9-18(16)14-17)23-19(24)10-7-13-22-20(25)21(2,3)4/h5-6,8-9,11-12,14-15H,7,10,13H2,1-4H3,(H,22,25)(H,23,24). The van der Waals surface area contributed by atoms with Crippen molar-refractivity contribution in [3.05, 3.63) is 48.0 Å². The van der Waals surface area contributed by atoms with Crippen molar-refractivity contribution in [3.8, 4) is 0 Å². The summed E-state index contributed by atoms with van der Waals surface area (Å²) >= 11 is 0. The highest BCUT2D eigenvalue weighted by Gasteiger charge is 2.20. The summed E-state index contributed by atoms with van der Waals surface area (Å²) in [5.41, 5.74) is 0.695. The van der Waals surface area contributed by atoms with Crippen LogP contribution in [0.15, 0.2) is 42.5 Å². The van der Waals surface area contributed by atoms with Crippen LogP contribution < -0.4 is 10.6 Å². The van der Waals surface area contributed by atoms with Gasteiger partial charge in [-0.15, -0.1) is 0 Å². The van der Waals surface area contributed by atoms with Crippen molar-refractivity contribution in [2.75, 3.05) is 6.54 Å². The third-order valence-corrected chi connectivity index (χ3v) is 4.20. The zero-order valence-electron chi connectivity index (χ0n) is 15.6. The second-order valence-corrected chi connectivity index (χ2v) is 7.51. The summed E-state index contributed by atoms with van der Waals surface area (Å²) in [4.78, 5) is 23.9. The first-order valence-electron chi connectivity index (χ1n) is 8.84. The van der Waals surface area contributed by atoms with E-state index in [1.165, 1.54) is 10.8 Å². The van der Waals surface area contributed by atoms with E-state index >= 15 is 0 Å². The van der Waals surface area contributed by atoms with Crippen LogP contribution in [0.25, 0.3) is 10.8 Å². The summed E-state index contributed by atoms with van der Waals surface area (Å²) in [7, 11) is 0. The molecule has 0 aliphatic rings. The molecule has 2 N–H and O–H groups in total. The Morgan fingerprint density at radius 2 is 1.72 bits per heavy atom. The van der Waals surface area contributed by atoms with Gasteiger partial charge in [-0.25, -0.2) is 0 Å². The molecular formula is C21H28N2O2. The van der Waals surface area contributed by atoms with Crippen molar-refractivity contribution in [1.29, 1.82) is 0 Å². The van der Waals surface area contributed by atoms with Gasteiger partial charge < -0.3 is 10.6 Å². The predicted octanol–water partition coefficient (Wildman–Crippen LogP) is 3.96. The maximum atomic E-state index is 12.1. The maximum absolute atomic E-state index is 12.1. The van der Waals surface area contributed by atoms with Gasteiger partial charge in [-0.05, 0) is 35.7 Å². The van der Waals surface area contributed by atoms with Crippen LogP contribution in [0, 0.1) is 5.41 Å². The van der Waals surface area contributed by atoms with Gasteiger partial charge in [-0.3, -0.25) is 9.59 Å². The molecular weight excluding hydrogens is 312 g/mol. The minimum absolute atomic E-state index is 0.00525. The Kier molecular flexibility index (Phi) is 6.18. The molecule has 0 fully saturated rings. The molecule has 0 radical (unpaired) electrons. The van der Waals surface area contributed by atoms with E-state index in [0.29, 0.717) is 19.4 Å². The highest BCUT2D eigenvalue weighted by molar-refractivity contribution is 5.83. The molecule has 2 rings (SSSR count). The molecule has 2 aromatic carbocycles. The summed E-state index contributed by atoms with van der Waals surface area (Å²) in [5.74, 6) is 0.0168. The van der Waals surface area contributed by atoms with E-state index in [0.717, 1.165) is 5.56 Å². The van der Waals surface area contributed by atoms with Gasteiger partial charge in [0.15, 0.2) is 0 Å². The quantitative estimate of drug-likeness (QED) is 0.782. The monoisotopic (exact) mass is 340 g/mol. The van der Waals surface area contributed by atoms with Crippen LogP contribution in [0.5, 0.6) is 0 Å². The summed E-state index contributed by atoms with van der Waals surface area (Å²) in [6, 6.07) is 14.4. The molecule has 0 saturated carbocycles. The first-order valence-corrected chi connectivity index (χ1v) is 8.84.